The third-order valence-corrected chi connectivity index (χ3v) is 4.74. The monoisotopic (exact) mass is 360 g/mol. The fraction of sp³-hybridized carbons (Fsp3) is 0.609. The maximum Gasteiger partial charge on any atom is 0.330 e. The number of hydrogen-bond donors (Lipinski definition) is 2. The predicted octanol–water partition coefficient (Wildman–Crippen LogP) is 6.12. The number of unbranched alkanes of at least 4 members (excludes halogenated alkanes) is 3. The second-order valence-corrected chi connectivity index (χ2v) is 9.33. The highest BCUT2D eigenvalue weighted by Crippen LogP contribution is 2.40. The molecule has 1 aromatic rings. The third-order valence-electron chi connectivity index (χ3n) is 4.74. The van der Waals surface area contributed by atoms with E-state index in [1.54, 1.807) is 13.0 Å². The lowest BCUT2D eigenvalue weighted by Gasteiger charge is -2.28. The molecule has 2 N–H and O–H groups in total. The molecule has 26 heavy (non-hydrogen) atoms. The van der Waals surface area contributed by atoms with Crippen LogP contribution in [0.4, 0.5) is 0 Å². The van der Waals surface area contributed by atoms with Crippen LogP contribution in [0.25, 0.3) is 0 Å². The number of rotatable bonds is 7. The number of hydrogen-bond acceptors (Lipinski definition) is 2. The summed E-state index contributed by atoms with van der Waals surface area (Å²) in [6.07, 6.45) is 6.74. The minimum atomic E-state index is -0.835. The summed E-state index contributed by atoms with van der Waals surface area (Å²) in [4.78, 5) is 10.8. The molecule has 0 amide bonds. The summed E-state index contributed by atoms with van der Waals surface area (Å²) in [5.41, 5.74) is 3.53. The molecule has 0 fully saturated rings. The number of carboxylic acids is 1. The number of allylic oxidation sites excluding steroid dienone is 1. The molecule has 0 bridgehead atoms. The van der Waals surface area contributed by atoms with Crippen molar-refractivity contribution in [2.45, 2.75) is 91.4 Å². The van der Waals surface area contributed by atoms with Gasteiger partial charge in [-0.1, -0.05) is 66.2 Å². The van der Waals surface area contributed by atoms with Gasteiger partial charge in [-0.3, -0.25) is 0 Å². The Balaban J connectivity index is 2.81. The van der Waals surface area contributed by atoms with E-state index in [1.165, 1.54) is 5.56 Å². The van der Waals surface area contributed by atoms with E-state index in [0.717, 1.165) is 43.2 Å². The highest BCUT2D eigenvalue weighted by atomic mass is 16.4. The second-order valence-electron chi connectivity index (χ2n) is 9.33. The number of aryl methyl sites for hydroxylation is 1. The molecule has 0 aliphatic rings. The van der Waals surface area contributed by atoms with Crippen molar-refractivity contribution in [2.75, 3.05) is 0 Å². The Morgan fingerprint density at radius 2 is 1.46 bits per heavy atom. The van der Waals surface area contributed by atoms with Gasteiger partial charge >= 0.3 is 5.97 Å². The van der Waals surface area contributed by atoms with Crippen LogP contribution < -0.4 is 0 Å². The highest BCUT2D eigenvalue weighted by molar-refractivity contribution is 5.85. The molecule has 0 spiro atoms. The number of aromatic hydroxyl groups is 1. The van der Waals surface area contributed by atoms with Crippen LogP contribution >= 0.6 is 0 Å². The summed E-state index contributed by atoms with van der Waals surface area (Å²) in [7, 11) is 0. The van der Waals surface area contributed by atoms with Gasteiger partial charge in [0.25, 0.3) is 0 Å². The van der Waals surface area contributed by atoms with Gasteiger partial charge in [0.1, 0.15) is 5.75 Å². The summed E-state index contributed by atoms with van der Waals surface area (Å²) >= 11 is 0. The SMILES string of the molecule is CC(=CCCCCCc1cc(C(C)(C)C)c(O)c(C(C)(C)C)c1)C(=O)O. The topological polar surface area (TPSA) is 57.5 Å². The van der Waals surface area contributed by atoms with Crippen molar-refractivity contribution in [3.63, 3.8) is 0 Å². The Morgan fingerprint density at radius 3 is 1.88 bits per heavy atom. The van der Waals surface area contributed by atoms with E-state index in [2.05, 4.69) is 53.7 Å². The molecule has 0 saturated carbocycles. The molecule has 0 aromatic heterocycles. The number of carboxylic acid groups (broad SMARTS) is 1. The van der Waals surface area contributed by atoms with Crippen LogP contribution in [0, 0.1) is 0 Å². The summed E-state index contributed by atoms with van der Waals surface area (Å²) in [5, 5.41) is 19.6. The van der Waals surface area contributed by atoms with E-state index >= 15 is 0 Å². The zero-order valence-corrected chi connectivity index (χ0v) is 17.6. The molecule has 0 heterocycles. The zero-order valence-electron chi connectivity index (χ0n) is 17.6. The van der Waals surface area contributed by atoms with E-state index in [0.29, 0.717) is 11.3 Å². The van der Waals surface area contributed by atoms with Crippen LogP contribution in [0.2, 0.25) is 0 Å². The Morgan fingerprint density at radius 1 is 0.962 bits per heavy atom. The van der Waals surface area contributed by atoms with E-state index in [9.17, 15) is 9.90 Å². The second kappa shape index (κ2) is 8.75. The van der Waals surface area contributed by atoms with Gasteiger partial charge in [0.05, 0.1) is 0 Å². The van der Waals surface area contributed by atoms with Gasteiger partial charge in [-0.05, 0) is 60.1 Å². The van der Waals surface area contributed by atoms with Gasteiger partial charge in [-0.2, -0.15) is 0 Å². The number of carbonyl (C=O) groups is 1. The summed E-state index contributed by atoms with van der Waals surface area (Å²) in [6, 6.07) is 4.30. The van der Waals surface area contributed by atoms with E-state index in [-0.39, 0.29) is 10.8 Å². The first-order valence-electron chi connectivity index (χ1n) is 9.61. The lowest BCUT2D eigenvalue weighted by molar-refractivity contribution is -0.132. The zero-order chi connectivity index (χ0) is 20.1. The van der Waals surface area contributed by atoms with Gasteiger partial charge in [0, 0.05) is 5.57 Å². The van der Waals surface area contributed by atoms with Crippen LogP contribution in [0.15, 0.2) is 23.8 Å². The Kier molecular flexibility index (Phi) is 7.49. The smallest absolute Gasteiger partial charge is 0.330 e. The van der Waals surface area contributed by atoms with Crippen molar-refractivity contribution in [2.24, 2.45) is 0 Å². The molecule has 0 atom stereocenters. The fourth-order valence-electron chi connectivity index (χ4n) is 3.04. The minimum Gasteiger partial charge on any atom is -0.507 e. The molecule has 1 rings (SSSR count). The lowest BCUT2D eigenvalue weighted by Crippen LogP contribution is -2.18. The van der Waals surface area contributed by atoms with Gasteiger partial charge in [0.15, 0.2) is 0 Å². The van der Waals surface area contributed by atoms with Gasteiger partial charge in [-0.25, -0.2) is 4.79 Å². The van der Waals surface area contributed by atoms with Crippen molar-refractivity contribution in [1.29, 1.82) is 0 Å². The van der Waals surface area contributed by atoms with Crippen molar-refractivity contribution < 1.29 is 15.0 Å². The molecule has 0 aliphatic carbocycles. The summed E-state index contributed by atoms with van der Waals surface area (Å²) in [6.45, 7) is 14.4. The molecular weight excluding hydrogens is 324 g/mol. The third kappa shape index (κ3) is 6.51. The van der Waals surface area contributed by atoms with Crippen molar-refractivity contribution in [3.8, 4) is 5.75 Å². The Hall–Kier alpha value is -1.77. The van der Waals surface area contributed by atoms with Crippen LogP contribution in [0.1, 0.15) is 90.8 Å². The maximum absolute atomic E-state index is 10.8. The number of aliphatic carboxylic acids is 1. The molecule has 0 radical (unpaired) electrons. The maximum atomic E-state index is 10.8. The molecule has 1 aromatic carbocycles. The Labute approximate surface area is 159 Å². The highest BCUT2D eigenvalue weighted by Gasteiger charge is 2.26. The average molecular weight is 361 g/mol. The van der Waals surface area contributed by atoms with E-state index in [1.807, 2.05) is 0 Å². The van der Waals surface area contributed by atoms with Gasteiger partial charge < -0.3 is 10.2 Å². The summed E-state index contributed by atoms with van der Waals surface area (Å²) in [5.74, 6) is -0.401. The first-order chi connectivity index (χ1) is 11.8. The molecule has 146 valence electrons. The normalized spacial score (nSPS) is 13.1. The molecule has 0 saturated heterocycles. The molecule has 3 nitrogen and oxygen atoms in total. The number of phenolic OH excluding ortho intramolecular Hbond substituents is 1. The van der Waals surface area contributed by atoms with Gasteiger partial charge in [-0.15, -0.1) is 0 Å². The van der Waals surface area contributed by atoms with Crippen molar-refractivity contribution >= 4 is 5.97 Å². The van der Waals surface area contributed by atoms with Crippen molar-refractivity contribution in [3.05, 3.63) is 40.5 Å². The van der Waals surface area contributed by atoms with Crippen LogP contribution in [0.3, 0.4) is 0 Å². The van der Waals surface area contributed by atoms with Crippen LogP contribution in [-0.2, 0) is 22.0 Å². The first kappa shape index (κ1) is 22.3. The fourth-order valence-corrected chi connectivity index (χ4v) is 3.04. The largest absolute Gasteiger partial charge is 0.507 e. The first-order valence-corrected chi connectivity index (χ1v) is 9.61. The minimum absolute atomic E-state index is 0.0980. The molecular formula is C23H36O3. The molecule has 0 unspecified atom stereocenters. The quantitative estimate of drug-likeness (QED) is 0.455. The molecule has 0 aliphatic heterocycles. The standard InChI is InChI=1S/C23H36O3/c1-16(21(25)26)12-10-8-9-11-13-17-14-18(22(2,3)4)20(24)19(15-17)23(5,6)7/h12,14-15,24H,8-11,13H2,1-7H3,(H,25,26). The van der Waals surface area contributed by atoms with E-state index in [4.69, 9.17) is 5.11 Å². The van der Waals surface area contributed by atoms with Crippen LogP contribution in [-0.4, -0.2) is 16.2 Å². The van der Waals surface area contributed by atoms with Crippen LogP contribution in [0.5, 0.6) is 5.75 Å². The Bertz CT molecular complexity index is 620. The number of phenols is 1. The lowest BCUT2D eigenvalue weighted by atomic mass is 9.78. The van der Waals surface area contributed by atoms with Gasteiger partial charge in [0.2, 0.25) is 0 Å². The molecule has 3 heteroatoms. The average Bonchev–Trinajstić information content (AvgIpc) is 2.49. The predicted molar refractivity (Wildman–Crippen MR) is 109 cm³/mol. The summed E-state index contributed by atoms with van der Waals surface area (Å²) < 4.78 is 0. The van der Waals surface area contributed by atoms with Crippen molar-refractivity contribution in [1.82, 2.24) is 0 Å². The number of benzene rings is 1. The van der Waals surface area contributed by atoms with E-state index < -0.39 is 5.97 Å².